The van der Waals surface area contributed by atoms with E-state index in [1.54, 1.807) is 32.0 Å². The van der Waals surface area contributed by atoms with Gasteiger partial charge in [0.1, 0.15) is 17.7 Å². The highest BCUT2D eigenvalue weighted by Crippen LogP contribution is 2.29. The lowest BCUT2D eigenvalue weighted by molar-refractivity contribution is -0.131. The lowest BCUT2D eigenvalue weighted by Gasteiger charge is -2.36. The van der Waals surface area contributed by atoms with Crippen molar-refractivity contribution in [2.24, 2.45) is 5.41 Å². The normalized spacial score (nSPS) is 19.4. The number of sulfonamides is 1. The second kappa shape index (κ2) is 11.4. The predicted molar refractivity (Wildman–Crippen MR) is 132 cm³/mol. The molecule has 1 fully saturated rings. The third kappa shape index (κ3) is 7.06. The van der Waals surface area contributed by atoms with Gasteiger partial charge in [0.25, 0.3) is 0 Å². The maximum absolute atomic E-state index is 14.9. The zero-order chi connectivity index (χ0) is 25.8. The van der Waals surface area contributed by atoms with Gasteiger partial charge in [0.2, 0.25) is 15.9 Å². The van der Waals surface area contributed by atoms with Crippen LogP contribution >= 0.6 is 23.2 Å². The minimum Gasteiger partial charge on any atom is -0.492 e. The van der Waals surface area contributed by atoms with E-state index in [1.165, 1.54) is 0 Å². The maximum Gasteiger partial charge on any atom is 0.243 e. The molecule has 1 heterocycles. The molecule has 192 valence electrons. The number of halogens is 4. The van der Waals surface area contributed by atoms with Crippen molar-refractivity contribution < 1.29 is 26.7 Å². The minimum absolute atomic E-state index is 0.0414. The molecule has 11 heteroatoms. The molecule has 0 spiro atoms. The van der Waals surface area contributed by atoms with Crippen LogP contribution in [0.15, 0.2) is 47.4 Å². The molecule has 0 bridgehead atoms. The molecular weight excluding hydrogens is 521 g/mol. The van der Waals surface area contributed by atoms with Crippen molar-refractivity contribution in [2.75, 3.05) is 19.7 Å². The van der Waals surface area contributed by atoms with E-state index >= 15 is 0 Å². The highest BCUT2D eigenvalue weighted by atomic mass is 35.5. The van der Waals surface area contributed by atoms with Gasteiger partial charge in [-0.1, -0.05) is 37.0 Å². The number of amides is 1. The number of ether oxygens (including phenoxy) is 1. The van der Waals surface area contributed by atoms with Crippen molar-refractivity contribution in [1.82, 2.24) is 9.62 Å². The summed E-state index contributed by atoms with van der Waals surface area (Å²) >= 11 is 12.0. The molecule has 1 saturated heterocycles. The lowest BCUT2D eigenvalue weighted by Crippen LogP contribution is -2.55. The molecule has 0 aliphatic carbocycles. The smallest absolute Gasteiger partial charge is 0.243 e. The zero-order valence-electron chi connectivity index (χ0n) is 19.4. The first-order valence-electron chi connectivity index (χ1n) is 11.2. The minimum atomic E-state index is -3.95. The largest absolute Gasteiger partial charge is 0.492 e. The molecular formula is C24H28Cl2F2N2O4S. The molecule has 0 radical (unpaired) electrons. The summed E-state index contributed by atoms with van der Waals surface area (Å²) in [7, 11) is -3.95. The lowest BCUT2D eigenvalue weighted by atomic mass is 9.86. The summed E-state index contributed by atoms with van der Waals surface area (Å²) in [6.07, 6.45) is -0.422. The van der Waals surface area contributed by atoms with Crippen LogP contribution in [0.1, 0.15) is 33.1 Å². The van der Waals surface area contributed by atoms with Crippen LogP contribution in [0.5, 0.6) is 5.75 Å². The van der Waals surface area contributed by atoms with E-state index in [0.717, 1.165) is 28.6 Å². The SMILES string of the molecule is CC(C)(CCCOc1cc(Cl)ccc1Cl)C(=O)NC1CCN(S(=O)(=O)c2ccc(F)cc2)CC1F. The van der Waals surface area contributed by atoms with Crippen LogP contribution in [0.3, 0.4) is 0 Å². The fourth-order valence-corrected chi connectivity index (χ4v) is 5.57. The molecule has 2 unspecified atom stereocenters. The molecule has 1 aliphatic rings. The summed E-state index contributed by atoms with van der Waals surface area (Å²) in [6, 6.07) is 8.50. The second-order valence-corrected chi connectivity index (χ2v) is 11.9. The third-order valence-electron chi connectivity index (χ3n) is 5.98. The first kappa shape index (κ1) is 27.6. The fourth-order valence-electron chi connectivity index (χ4n) is 3.77. The van der Waals surface area contributed by atoms with Gasteiger partial charge in [0.15, 0.2) is 0 Å². The summed E-state index contributed by atoms with van der Waals surface area (Å²) in [6.45, 7) is 3.49. The van der Waals surface area contributed by atoms with E-state index in [-0.39, 0.29) is 30.3 Å². The first-order chi connectivity index (χ1) is 16.4. The van der Waals surface area contributed by atoms with Crippen molar-refractivity contribution in [3.8, 4) is 5.75 Å². The topological polar surface area (TPSA) is 75.7 Å². The number of nitrogens with zero attached hydrogens (tertiary/aromatic N) is 1. The summed E-state index contributed by atoms with van der Waals surface area (Å²) in [5.74, 6) is -0.416. The average Bonchev–Trinajstić information content (AvgIpc) is 2.80. The van der Waals surface area contributed by atoms with Crippen LogP contribution in [-0.4, -0.2) is 50.5 Å². The Balaban J connectivity index is 1.50. The van der Waals surface area contributed by atoms with Crippen molar-refractivity contribution in [3.05, 3.63) is 58.3 Å². The number of rotatable bonds is 9. The quantitative estimate of drug-likeness (QED) is 0.435. The molecule has 1 aliphatic heterocycles. The third-order valence-corrected chi connectivity index (χ3v) is 8.41. The highest BCUT2D eigenvalue weighted by molar-refractivity contribution is 7.89. The Labute approximate surface area is 214 Å². The van der Waals surface area contributed by atoms with Crippen LogP contribution in [0.25, 0.3) is 0 Å². The monoisotopic (exact) mass is 548 g/mol. The number of carbonyl (C=O) groups is 1. The Morgan fingerprint density at radius 1 is 1.20 bits per heavy atom. The van der Waals surface area contributed by atoms with E-state index in [4.69, 9.17) is 27.9 Å². The molecule has 35 heavy (non-hydrogen) atoms. The van der Waals surface area contributed by atoms with Crippen LogP contribution in [0.2, 0.25) is 10.0 Å². The summed E-state index contributed by atoms with van der Waals surface area (Å²) in [4.78, 5) is 12.7. The summed E-state index contributed by atoms with van der Waals surface area (Å²) in [5, 5.41) is 3.68. The van der Waals surface area contributed by atoms with Crippen LogP contribution in [0.4, 0.5) is 8.78 Å². The van der Waals surface area contributed by atoms with Crippen LogP contribution < -0.4 is 10.1 Å². The molecule has 6 nitrogen and oxygen atoms in total. The van der Waals surface area contributed by atoms with Crippen molar-refractivity contribution in [1.29, 1.82) is 0 Å². The average molecular weight is 549 g/mol. The Morgan fingerprint density at radius 2 is 1.89 bits per heavy atom. The number of alkyl halides is 1. The van der Waals surface area contributed by atoms with E-state index in [9.17, 15) is 22.0 Å². The Bertz CT molecular complexity index is 1150. The van der Waals surface area contributed by atoms with Crippen molar-refractivity contribution >= 4 is 39.1 Å². The highest BCUT2D eigenvalue weighted by Gasteiger charge is 2.38. The molecule has 1 amide bonds. The molecule has 0 aromatic heterocycles. The van der Waals surface area contributed by atoms with E-state index < -0.39 is 33.5 Å². The predicted octanol–water partition coefficient (Wildman–Crippen LogP) is 5.24. The number of benzene rings is 2. The molecule has 1 N–H and O–H groups in total. The van der Waals surface area contributed by atoms with Gasteiger partial charge in [0.05, 0.1) is 22.6 Å². The van der Waals surface area contributed by atoms with Gasteiger partial charge in [0, 0.05) is 29.6 Å². The summed E-state index contributed by atoms with van der Waals surface area (Å²) < 4.78 is 60.2. The van der Waals surface area contributed by atoms with Crippen LogP contribution in [-0.2, 0) is 14.8 Å². The number of carbonyl (C=O) groups excluding carboxylic acids is 1. The number of hydrogen-bond donors (Lipinski definition) is 1. The van der Waals surface area contributed by atoms with Gasteiger partial charge in [-0.25, -0.2) is 17.2 Å². The number of piperidine rings is 1. The van der Waals surface area contributed by atoms with Gasteiger partial charge >= 0.3 is 0 Å². The fraction of sp³-hybridized carbons (Fsp3) is 0.458. The number of nitrogens with one attached hydrogen (secondary N) is 1. The van der Waals surface area contributed by atoms with Crippen LogP contribution in [0, 0.1) is 11.2 Å². The maximum atomic E-state index is 14.9. The standard InChI is InChI=1S/C24H28Cl2F2N2O4S/c1-24(2,11-3-13-34-22-14-16(25)4-9-19(22)26)23(31)29-21-10-12-30(15-20(21)28)35(32,33)18-7-5-17(27)6-8-18/h4-9,14,20-21H,3,10-13,15H2,1-2H3,(H,29,31). The van der Waals surface area contributed by atoms with E-state index in [2.05, 4.69) is 5.32 Å². The Morgan fingerprint density at radius 3 is 2.54 bits per heavy atom. The molecule has 2 atom stereocenters. The Kier molecular flexibility index (Phi) is 9.01. The summed E-state index contributed by atoms with van der Waals surface area (Å²) in [5.41, 5.74) is -0.793. The zero-order valence-corrected chi connectivity index (χ0v) is 21.8. The van der Waals surface area contributed by atoms with Gasteiger partial charge in [-0.2, -0.15) is 4.31 Å². The van der Waals surface area contributed by atoms with E-state index in [1.807, 2.05) is 0 Å². The van der Waals surface area contributed by atoms with Gasteiger partial charge in [-0.15, -0.1) is 0 Å². The number of hydrogen-bond acceptors (Lipinski definition) is 4. The first-order valence-corrected chi connectivity index (χ1v) is 13.4. The molecule has 2 aromatic carbocycles. The van der Waals surface area contributed by atoms with Crippen molar-refractivity contribution in [3.63, 3.8) is 0 Å². The van der Waals surface area contributed by atoms with Crippen molar-refractivity contribution in [2.45, 2.75) is 50.2 Å². The Hall–Kier alpha value is -1.94. The molecule has 2 aromatic rings. The second-order valence-electron chi connectivity index (χ2n) is 9.11. The van der Waals surface area contributed by atoms with Gasteiger partial charge < -0.3 is 10.1 Å². The van der Waals surface area contributed by atoms with Gasteiger partial charge in [-0.05, 0) is 55.7 Å². The molecule has 3 rings (SSSR count). The van der Waals surface area contributed by atoms with Gasteiger partial charge in [-0.3, -0.25) is 4.79 Å². The molecule has 0 saturated carbocycles. The van der Waals surface area contributed by atoms with E-state index in [0.29, 0.717) is 35.2 Å².